The number of hydrogen-bond acceptors (Lipinski definition) is 1. The van der Waals surface area contributed by atoms with Crippen LogP contribution in [0, 0.1) is 28.6 Å². The van der Waals surface area contributed by atoms with Gasteiger partial charge in [-0.2, -0.15) is 0 Å². The molecule has 0 heterocycles. The molecule has 6 atom stereocenters. The Morgan fingerprint density at radius 1 is 1.23 bits per heavy atom. The Hall–Kier alpha value is -0.0400. The van der Waals surface area contributed by atoms with Crippen LogP contribution in [0.25, 0.3) is 0 Å². The molecule has 13 heavy (non-hydrogen) atoms. The fourth-order valence-corrected chi connectivity index (χ4v) is 5.74. The van der Waals surface area contributed by atoms with Crippen LogP contribution in [0.5, 0.6) is 0 Å². The summed E-state index contributed by atoms with van der Waals surface area (Å²) in [7, 11) is 0. The monoisotopic (exact) mass is 178 g/mol. The van der Waals surface area contributed by atoms with Crippen molar-refractivity contribution in [1.82, 2.24) is 0 Å². The second kappa shape index (κ2) is 1.71. The highest BCUT2D eigenvalue weighted by molar-refractivity contribution is 5.31. The molecule has 1 spiro atoms. The van der Waals surface area contributed by atoms with Crippen LogP contribution in [-0.4, -0.2) is 11.2 Å². The van der Waals surface area contributed by atoms with Crippen molar-refractivity contribution in [3.8, 4) is 0 Å². The lowest BCUT2D eigenvalue weighted by Gasteiger charge is -2.42. The third kappa shape index (κ3) is 0.516. The summed E-state index contributed by atoms with van der Waals surface area (Å²) >= 11 is 0. The summed E-state index contributed by atoms with van der Waals surface area (Å²) in [5, 5.41) is 9.80. The molecule has 0 aliphatic heterocycles. The Morgan fingerprint density at radius 3 is 2.62 bits per heavy atom. The summed E-state index contributed by atoms with van der Waals surface area (Å²) in [5.41, 5.74) is 1.30. The van der Waals surface area contributed by atoms with Gasteiger partial charge in [0, 0.05) is 0 Å². The van der Waals surface area contributed by atoms with E-state index in [-0.39, 0.29) is 6.10 Å². The SMILES string of the molecule is C[C@]12CC[C@H](O)CC13C1CC2C[C@H]13. The Balaban J connectivity index is 1.84. The van der Waals surface area contributed by atoms with Crippen molar-refractivity contribution in [2.75, 3.05) is 0 Å². The smallest absolute Gasteiger partial charge is 0.0546 e. The maximum Gasteiger partial charge on any atom is 0.0546 e. The highest BCUT2D eigenvalue weighted by Gasteiger charge is 2.83. The zero-order chi connectivity index (χ0) is 8.84. The lowest BCUT2D eigenvalue weighted by Crippen LogP contribution is -2.37. The van der Waals surface area contributed by atoms with Gasteiger partial charge < -0.3 is 5.11 Å². The van der Waals surface area contributed by atoms with Gasteiger partial charge in [-0.1, -0.05) is 6.92 Å². The minimum Gasteiger partial charge on any atom is -0.393 e. The van der Waals surface area contributed by atoms with E-state index in [1.807, 2.05) is 0 Å². The highest BCUT2D eigenvalue weighted by atomic mass is 16.3. The van der Waals surface area contributed by atoms with E-state index in [9.17, 15) is 5.11 Å². The lowest BCUT2D eigenvalue weighted by atomic mass is 9.64. The van der Waals surface area contributed by atoms with E-state index < -0.39 is 0 Å². The van der Waals surface area contributed by atoms with Gasteiger partial charge in [0.15, 0.2) is 0 Å². The normalized spacial score (nSPS) is 72.5. The van der Waals surface area contributed by atoms with Crippen LogP contribution < -0.4 is 0 Å². The van der Waals surface area contributed by atoms with Crippen LogP contribution in [-0.2, 0) is 0 Å². The molecule has 0 saturated heterocycles. The predicted octanol–water partition coefficient (Wildman–Crippen LogP) is 2.19. The topological polar surface area (TPSA) is 20.2 Å². The van der Waals surface area contributed by atoms with E-state index in [1.54, 1.807) is 0 Å². The molecule has 1 heteroatoms. The molecule has 3 unspecified atom stereocenters. The van der Waals surface area contributed by atoms with Crippen molar-refractivity contribution < 1.29 is 5.11 Å². The molecule has 1 N–H and O–H groups in total. The van der Waals surface area contributed by atoms with Crippen molar-refractivity contribution in [1.29, 1.82) is 0 Å². The zero-order valence-electron chi connectivity index (χ0n) is 8.29. The summed E-state index contributed by atoms with van der Waals surface area (Å²) in [5.74, 6) is 3.12. The van der Waals surface area contributed by atoms with Crippen molar-refractivity contribution in [3.63, 3.8) is 0 Å². The van der Waals surface area contributed by atoms with E-state index in [0.29, 0.717) is 10.8 Å². The quantitative estimate of drug-likeness (QED) is 0.603. The lowest BCUT2D eigenvalue weighted by molar-refractivity contribution is 0.00491. The summed E-state index contributed by atoms with van der Waals surface area (Å²) < 4.78 is 0. The van der Waals surface area contributed by atoms with Gasteiger partial charge in [-0.15, -0.1) is 0 Å². The molecule has 0 aromatic heterocycles. The number of rotatable bonds is 0. The fourth-order valence-electron chi connectivity index (χ4n) is 5.74. The van der Waals surface area contributed by atoms with Crippen molar-refractivity contribution in [2.45, 2.75) is 45.1 Å². The fraction of sp³-hybridized carbons (Fsp3) is 1.00. The first-order valence-corrected chi connectivity index (χ1v) is 5.86. The maximum atomic E-state index is 9.80. The Labute approximate surface area is 79.5 Å². The summed E-state index contributed by atoms with van der Waals surface area (Å²) in [6, 6.07) is 0. The van der Waals surface area contributed by atoms with Gasteiger partial charge in [-0.05, 0) is 60.7 Å². The Bertz CT molecular complexity index is 273. The van der Waals surface area contributed by atoms with E-state index in [0.717, 1.165) is 30.6 Å². The third-order valence-electron chi connectivity index (χ3n) is 6.31. The number of hydrogen-bond donors (Lipinski definition) is 1. The molecule has 1 nitrogen and oxygen atoms in total. The van der Waals surface area contributed by atoms with E-state index >= 15 is 0 Å². The molecule has 5 rings (SSSR count). The van der Waals surface area contributed by atoms with Gasteiger partial charge in [-0.25, -0.2) is 0 Å². The molecule has 5 aliphatic carbocycles. The van der Waals surface area contributed by atoms with Crippen LogP contribution in [0.1, 0.15) is 39.0 Å². The highest BCUT2D eigenvalue weighted by Crippen LogP contribution is 2.89. The molecule has 4 bridgehead atoms. The molecule has 0 amide bonds. The summed E-state index contributed by atoms with van der Waals surface area (Å²) in [6.07, 6.45) is 6.59. The molecule has 5 aliphatic rings. The molecular formula is C12H18O. The first kappa shape index (κ1) is 7.28. The minimum atomic E-state index is 0.0393. The van der Waals surface area contributed by atoms with E-state index in [1.165, 1.54) is 19.3 Å². The number of aliphatic hydroxyl groups excluding tert-OH is 1. The molecule has 5 fully saturated rings. The molecular weight excluding hydrogens is 160 g/mol. The van der Waals surface area contributed by atoms with Gasteiger partial charge in [0.25, 0.3) is 0 Å². The zero-order valence-corrected chi connectivity index (χ0v) is 8.29. The van der Waals surface area contributed by atoms with Gasteiger partial charge in [0.1, 0.15) is 0 Å². The Morgan fingerprint density at radius 2 is 1.92 bits per heavy atom. The summed E-state index contributed by atoms with van der Waals surface area (Å²) in [6.45, 7) is 2.52. The van der Waals surface area contributed by atoms with Crippen LogP contribution in [0.2, 0.25) is 0 Å². The minimum absolute atomic E-state index is 0.0393. The van der Waals surface area contributed by atoms with Crippen LogP contribution in [0.4, 0.5) is 0 Å². The van der Waals surface area contributed by atoms with E-state index in [4.69, 9.17) is 0 Å². The first-order valence-electron chi connectivity index (χ1n) is 5.86. The van der Waals surface area contributed by atoms with Crippen molar-refractivity contribution >= 4 is 0 Å². The average Bonchev–Trinajstić information content (AvgIpc) is 2.54. The molecule has 72 valence electrons. The predicted molar refractivity (Wildman–Crippen MR) is 50.1 cm³/mol. The standard InChI is InChI=1S/C12H18O/c1-11-3-2-8(13)6-12(11)9-4-7(11)5-10(9)12/h7-10,13H,2-6H2,1H3/t7?,8-,9+,10?,11+,12?/m0/s1. The maximum absolute atomic E-state index is 9.80. The Kier molecular flexibility index (Phi) is 0.959. The molecule has 0 aromatic carbocycles. The van der Waals surface area contributed by atoms with Crippen LogP contribution in [0.15, 0.2) is 0 Å². The second-order valence-corrected chi connectivity index (χ2v) is 6.24. The summed E-state index contributed by atoms with van der Waals surface area (Å²) in [4.78, 5) is 0. The second-order valence-electron chi connectivity index (χ2n) is 6.24. The van der Waals surface area contributed by atoms with Crippen molar-refractivity contribution in [2.24, 2.45) is 28.6 Å². The van der Waals surface area contributed by atoms with Gasteiger partial charge in [-0.3, -0.25) is 0 Å². The number of aliphatic hydroxyl groups is 1. The van der Waals surface area contributed by atoms with Gasteiger partial charge in [0.05, 0.1) is 6.10 Å². The molecule has 0 aromatic rings. The third-order valence-corrected chi connectivity index (χ3v) is 6.31. The first-order chi connectivity index (χ1) is 6.18. The van der Waals surface area contributed by atoms with Crippen LogP contribution >= 0.6 is 0 Å². The average molecular weight is 178 g/mol. The van der Waals surface area contributed by atoms with E-state index in [2.05, 4.69) is 6.92 Å². The van der Waals surface area contributed by atoms with Gasteiger partial charge in [0.2, 0.25) is 0 Å². The van der Waals surface area contributed by atoms with Crippen LogP contribution in [0.3, 0.4) is 0 Å². The van der Waals surface area contributed by atoms with Gasteiger partial charge >= 0.3 is 0 Å². The largest absolute Gasteiger partial charge is 0.393 e. The van der Waals surface area contributed by atoms with Crippen molar-refractivity contribution in [3.05, 3.63) is 0 Å². The molecule has 5 saturated carbocycles. The molecule has 0 radical (unpaired) electrons.